The van der Waals surface area contributed by atoms with Gasteiger partial charge in [-0.2, -0.15) is 0 Å². The molecular formula is C17H21ClN2O3S. The highest BCUT2D eigenvalue weighted by Crippen LogP contribution is 2.19. The van der Waals surface area contributed by atoms with Gasteiger partial charge in [0.15, 0.2) is 0 Å². The van der Waals surface area contributed by atoms with Gasteiger partial charge < -0.3 is 10.0 Å². The van der Waals surface area contributed by atoms with E-state index in [2.05, 4.69) is 4.72 Å². The van der Waals surface area contributed by atoms with Crippen molar-refractivity contribution < 1.29 is 13.5 Å². The quantitative estimate of drug-likeness (QED) is 0.788. The second kappa shape index (κ2) is 7.98. The van der Waals surface area contributed by atoms with E-state index in [4.69, 9.17) is 11.6 Å². The molecule has 130 valence electrons. The van der Waals surface area contributed by atoms with Crippen LogP contribution >= 0.6 is 11.6 Å². The Labute approximate surface area is 147 Å². The molecule has 0 aromatic heterocycles. The summed E-state index contributed by atoms with van der Waals surface area (Å²) in [5.74, 6) is -0.223. The van der Waals surface area contributed by atoms with Gasteiger partial charge in [-0.1, -0.05) is 41.9 Å². The highest BCUT2D eigenvalue weighted by molar-refractivity contribution is 7.88. The zero-order valence-electron chi connectivity index (χ0n) is 13.6. The molecule has 2 aromatic rings. The second-order valence-electron chi connectivity index (χ2n) is 5.70. The molecule has 0 aliphatic heterocycles. The smallest absolute Gasteiger partial charge is 0.215 e. The summed E-state index contributed by atoms with van der Waals surface area (Å²) >= 11 is 5.98. The molecule has 24 heavy (non-hydrogen) atoms. The minimum Gasteiger partial charge on any atom is -0.387 e. The van der Waals surface area contributed by atoms with E-state index in [1.165, 1.54) is 0 Å². The number of aliphatic hydroxyl groups is 1. The summed E-state index contributed by atoms with van der Waals surface area (Å²) in [4.78, 5) is 1.95. The molecule has 0 fully saturated rings. The summed E-state index contributed by atoms with van der Waals surface area (Å²) in [6, 6.07) is 14.1. The van der Waals surface area contributed by atoms with Crippen LogP contribution in [0.15, 0.2) is 48.5 Å². The van der Waals surface area contributed by atoms with Crippen molar-refractivity contribution in [1.82, 2.24) is 4.72 Å². The van der Waals surface area contributed by atoms with Crippen molar-refractivity contribution in [3.8, 4) is 0 Å². The first-order valence-electron chi connectivity index (χ1n) is 7.44. The SMILES string of the molecule is CN(C)c1ccc(C(O)CNS(=O)(=O)Cc2ccccc2Cl)cc1. The molecule has 7 heteroatoms. The van der Waals surface area contributed by atoms with Crippen LogP contribution in [0.4, 0.5) is 5.69 Å². The fourth-order valence-electron chi connectivity index (χ4n) is 2.19. The molecule has 1 atom stereocenters. The van der Waals surface area contributed by atoms with Crippen LogP contribution in [0.1, 0.15) is 17.2 Å². The molecule has 0 aliphatic rings. The van der Waals surface area contributed by atoms with E-state index < -0.39 is 16.1 Å². The van der Waals surface area contributed by atoms with Crippen molar-refractivity contribution in [3.05, 3.63) is 64.7 Å². The summed E-state index contributed by atoms with van der Waals surface area (Å²) in [7, 11) is 0.265. The van der Waals surface area contributed by atoms with Gasteiger partial charge in [0.2, 0.25) is 10.0 Å². The summed E-state index contributed by atoms with van der Waals surface area (Å²) in [6.45, 7) is -0.0892. The van der Waals surface area contributed by atoms with Gasteiger partial charge in [0.1, 0.15) is 0 Å². The van der Waals surface area contributed by atoms with Crippen LogP contribution in [0.25, 0.3) is 0 Å². The molecule has 0 bridgehead atoms. The first-order chi connectivity index (χ1) is 11.3. The number of rotatable bonds is 7. The Balaban J connectivity index is 1.97. The Morgan fingerprint density at radius 3 is 2.33 bits per heavy atom. The van der Waals surface area contributed by atoms with Crippen molar-refractivity contribution in [2.75, 3.05) is 25.5 Å². The molecule has 0 aliphatic carbocycles. The molecule has 0 amide bonds. The molecule has 0 radical (unpaired) electrons. The molecule has 2 rings (SSSR count). The third kappa shape index (κ3) is 5.21. The monoisotopic (exact) mass is 368 g/mol. The fourth-order valence-corrected chi connectivity index (χ4v) is 3.65. The lowest BCUT2D eigenvalue weighted by Gasteiger charge is -2.16. The average Bonchev–Trinajstić information content (AvgIpc) is 2.55. The number of nitrogens with one attached hydrogen (secondary N) is 1. The third-order valence-electron chi connectivity index (χ3n) is 3.59. The number of hydrogen-bond donors (Lipinski definition) is 2. The van der Waals surface area contributed by atoms with Crippen molar-refractivity contribution >= 4 is 27.3 Å². The topological polar surface area (TPSA) is 69.6 Å². The predicted molar refractivity (Wildman–Crippen MR) is 97.8 cm³/mol. The largest absolute Gasteiger partial charge is 0.387 e. The minimum absolute atomic E-state index is 0.0892. The van der Waals surface area contributed by atoms with Crippen LogP contribution in [-0.4, -0.2) is 34.2 Å². The van der Waals surface area contributed by atoms with E-state index in [1.807, 2.05) is 31.1 Å². The van der Waals surface area contributed by atoms with Crippen LogP contribution in [-0.2, 0) is 15.8 Å². The number of hydrogen-bond acceptors (Lipinski definition) is 4. The molecule has 0 spiro atoms. The van der Waals surface area contributed by atoms with Crippen molar-refractivity contribution in [1.29, 1.82) is 0 Å². The molecule has 2 N–H and O–H groups in total. The normalized spacial score (nSPS) is 12.8. The van der Waals surface area contributed by atoms with Crippen LogP contribution < -0.4 is 9.62 Å². The van der Waals surface area contributed by atoms with Crippen molar-refractivity contribution in [2.45, 2.75) is 11.9 Å². The summed E-state index contributed by atoms with van der Waals surface area (Å²) in [5, 5.41) is 10.6. The van der Waals surface area contributed by atoms with Gasteiger partial charge in [-0.15, -0.1) is 0 Å². The van der Waals surface area contributed by atoms with Gasteiger partial charge in [-0.3, -0.25) is 0 Å². The van der Waals surface area contributed by atoms with Gasteiger partial charge in [0.25, 0.3) is 0 Å². The number of anilines is 1. The van der Waals surface area contributed by atoms with Gasteiger partial charge in [0, 0.05) is 31.4 Å². The van der Waals surface area contributed by atoms with E-state index in [9.17, 15) is 13.5 Å². The lowest BCUT2D eigenvalue weighted by molar-refractivity contribution is 0.182. The van der Waals surface area contributed by atoms with Crippen LogP contribution in [0, 0.1) is 0 Å². The van der Waals surface area contributed by atoms with Crippen LogP contribution in [0.3, 0.4) is 0 Å². The molecule has 5 nitrogen and oxygen atoms in total. The third-order valence-corrected chi connectivity index (χ3v) is 5.26. The van der Waals surface area contributed by atoms with E-state index in [0.717, 1.165) is 5.69 Å². The fraction of sp³-hybridized carbons (Fsp3) is 0.294. The Morgan fingerprint density at radius 2 is 1.75 bits per heavy atom. The molecule has 1 unspecified atom stereocenters. The Morgan fingerprint density at radius 1 is 1.12 bits per heavy atom. The van der Waals surface area contributed by atoms with Gasteiger partial charge in [0.05, 0.1) is 11.9 Å². The lowest BCUT2D eigenvalue weighted by atomic mass is 10.1. The summed E-state index contributed by atoms with van der Waals surface area (Å²) in [5.41, 5.74) is 2.18. The van der Waals surface area contributed by atoms with Crippen LogP contribution in [0.5, 0.6) is 0 Å². The first-order valence-corrected chi connectivity index (χ1v) is 9.47. The highest BCUT2D eigenvalue weighted by atomic mass is 35.5. The van der Waals surface area contributed by atoms with E-state index in [-0.39, 0.29) is 12.3 Å². The van der Waals surface area contributed by atoms with Gasteiger partial charge in [-0.25, -0.2) is 13.1 Å². The van der Waals surface area contributed by atoms with E-state index in [0.29, 0.717) is 16.1 Å². The molecule has 0 saturated heterocycles. The Hall–Kier alpha value is -1.60. The number of halogens is 1. The van der Waals surface area contributed by atoms with E-state index >= 15 is 0 Å². The van der Waals surface area contributed by atoms with E-state index in [1.54, 1.807) is 36.4 Å². The number of benzene rings is 2. The first kappa shape index (κ1) is 18.7. The molecule has 0 heterocycles. The van der Waals surface area contributed by atoms with Gasteiger partial charge in [-0.05, 0) is 29.3 Å². The summed E-state index contributed by atoms with van der Waals surface area (Å²) in [6.07, 6.45) is -0.915. The maximum atomic E-state index is 12.1. The number of nitrogens with zero attached hydrogens (tertiary/aromatic N) is 1. The number of aliphatic hydroxyl groups excluding tert-OH is 1. The zero-order chi connectivity index (χ0) is 17.7. The Bertz CT molecular complexity index is 777. The predicted octanol–water partition coefficient (Wildman–Crippen LogP) is 2.56. The van der Waals surface area contributed by atoms with Crippen LogP contribution in [0.2, 0.25) is 5.02 Å². The van der Waals surface area contributed by atoms with Crippen molar-refractivity contribution in [2.24, 2.45) is 0 Å². The zero-order valence-corrected chi connectivity index (χ0v) is 15.2. The average molecular weight is 369 g/mol. The minimum atomic E-state index is -3.58. The standard InChI is InChI=1S/C17H21ClN2O3S/c1-20(2)15-9-7-13(8-10-15)17(21)11-19-24(22,23)12-14-5-3-4-6-16(14)18/h3-10,17,19,21H,11-12H2,1-2H3. The number of sulfonamides is 1. The van der Waals surface area contributed by atoms with Crippen molar-refractivity contribution in [3.63, 3.8) is 0 Å². The van der Waals surface area contributed by atoms with Gasteiger partial charge >= 0.3 is 0 Å². The maximum absolute atomic E-state index is 12.1. The summed E-state index contributed by atoms with van der Waals surface area (Å²) < 4.78 is 26.7. The second-order valence-corrected chi connectivity index (χ2v) is 7.91. The molecule has 0 saturated carbocycles. The maximum Gasteiger partial charge on any atom is 0.215 e. The highest BCUT2D eigenvalue weighted by Gasteiger charge is 2.16. The lowest BCUT2D eigenvalue weighted by Crippen LogP contribution is -2.29. The molecule has 2 aromatic carbocycles. The Kier molecular flexibility index (Phi) is 6.23. The molecular weight excluding hydrogens is 348 g/mol.